The first-order valence-corrected chi connectivity index (χ1v) is 8.14. The van der Waals surface area contributed by atoms with Gasteiger partial charge in [-0.3, -0.25) is 4.90 Å². The van der Waals surface area contributed by atoms with E-state index in [-0.39, 0.29) is 0 Å². The summed E-state index contributed by atoms with van der Waals surface area (Å²) in [5.41, 5.74) is 7.42. The molecule has 0 aliphatic heterocycles. The van der Waals surface area contributed by atoms with Gasteiger partial charge in [0.1, 0.15) is 0 Å². The second-order valence-electron chi connectivity index (χ2n) is 6.79. The van der Waals surface area contributed by atoms with Crippen molar-refractivity contribution in [1.82, 2.24) is 14.5 Å². The first-order valence-electron chi connectivity index (χ1n) is 8.14. The van der Waals surface area contributed by atoms with Crippen molar-refractivity contribution in [3.63, 3.8) is 0 Å². The van der Waals surface area contributed by atoms with Crippen LogP contribution in [0.5, 0.6) is 0 Å². The summed E-state index contributed by atoms with van der Waals surface area (Å²) in [6.45, 7) is 3.06. The Balaban J connectivity index is 1.73. The second-order valence-corrected chi connectivity index (χ2v) is 6.79. The zero-order chi connectivity index (χ0) is 14.1. The van der Waals surface area contributed by atoms with Crippen molar-refractivity contribution in [1.29, 1.82) is 0 Å². The van der Waals surface area contributed by atoms with Gasteiger partial charge in [0.25, 0.3) is 0 Å². The second kappa shape index (κ2) is 5.86. The molecule has 1 heterocycles. The molecule has 2 saturated carbocycles. The Hall–Kier alpha value is -0.870. The van der Waals surface area contributed by atoms with Crippen LogP contribution in [0.3, 0.4) is 0 Å². The maximum absolute atomic E-state index is 6.11. The Labute approximate surface area is 122 Å². The van der Waals surface area contributed by atoms with E-state index in [9.17, 15) is 0 Å². The van der Waals surface area contributed by atoms with E-state index in [0.29, 0.717) is 24.7 Å². The van der Waals surface area contributed by atoms with Gasteiger partial charge in [-0.1, -0.05) is 6.92 Å². The molecule has 4 nitrogen and oxygen atoms in total. The number of likely N-dealkylation sites (N-methyl/N-ethyl adjacent to an activating group) is 1. The Bertz CT molecular complexity index is 429. The fraction of sp³-hybridized carbons (Fsp3) is 0.812. The van der Waals surface area contributed by atoms with Crippen LogP contribution in [0.1, 0.15) is 63.2 Å². The Morgan fingerprint density at radius 2 is 2.00 bits per heavy atom. The lowest BCUT2D eigenvalue weighted by molar-refractivity contribution is 0.122. The molecule has 112 valence electrons. The fourth-order valence-electron chi connectivity index (χ4n) is 3.63. The summed E-state index contributed by atoms with van der Waals surface area (Å²) in [6, 6.07) is 1.68. The molecule has 3 rings (SSSR count). The molecular weight excluding hydrogens is 248 g/mol. The summed E-state index contributed by atoms with van der Waals surface area (Å²) in [6.07, 6.45) is 11.9. The van der Waals surface area contributed by atoms with Crippen molar-refractivity contribution in [2.75, 3.05) is 13.6 Å². The summed E-state index contributed by atoms with van der Waals surface area (Å²) < 4.78 is 2.36. The largest absolute Gasteiger partial charge is 0.330 e. The lowest BCUT2D eigenvalue weighted by Gasteiger charge is -2.38. The van der Waals surface area contributed by atoms with Crippen molar-refractivity contribution in [3.8, 4) is 0 Å². The van der Waals surface area contributed by atoms with Gasteiger partial charge in [-0.05, 0) is 51.5 Å². The molecule has 4 heteroatoms. The van der Waals surface area contributed by atoms with Crippen LogP contribution in [0.15, 0.2) is 12.5 Å². The highest BCUT2D eigenvalue weighted by Gasteiger charge is 2.32. The molecule has 1 aromatic heterocycles. The van der Waals surface area contributed by atoms with Crippen molar-refractivity contribution in [2.24, 2.45) is 11.7 Å². The topological polar surface area (TPSA) is 47.1 Å². The summed E-state index contributed by atoms with van der Waals surface area (Å²) in [7, 11) is 2.25. The van der Waals surface area contributed by atoms with Crippen LogP contribution < -0.4 is 5.73 Å². The van der Waals surface area contributed by atoms with Crippen molar-refractivity contribution in [2.45, 2.75) is 63.6 Å². The van der Waals surface area contributed by atoms with Gasteiger partial charge in [-0.15, -0.1) is 0 Å². The molecule has 1 atom stereocenters. The highest BCUT2D eigenvalue weighted by molar-refractivity contribution is 5.10. The molecule has 20 heavy (non-hydrogen) atoms. The Morgan fingerprint density at radius 1 is 1.30 bits per heavy atom. The summed E-state index contributed by atoms with van der Waals surface area (Å²) in [5, 5.41) is 0. The first-order chi connectivity index (χ1) is 9.70. The number of nitrogens with zero attached hydrogens (tertiary/aromatic N) is 3. The normalized spacial score (nSPS) is 28.8. The molecule has 2 N–H and O–H groups in total. The highest BCUT2D eigenvalue weighted by atomic mass is 15.2. The zero-order valence-electron chi connectivity index (χ0n) is 12.8. The zero-order valence-corrected chi connectivity index (χ0v) is 12.8. The SMILES string of the molecule is CC1CCC(N(C)C(CN)c2cncn2C2CC2)CC1. The van der Waals surface area contributed by atoms with E-state index in [2.05, 4.69) is 28.4 Å². The lowest BCUT2D eigenvalue weighted by Crippen LogP contribution is -2.41. The number of imidazole rings is 1. The average Bonchev–Trinajstić information content (AvgIpc) is 3.19. The predicted octanol–water partition coefficient (Wildman–Crippen LogP) is 2.73. The molecule has 2 fully saturated rings. The number of rotatable bonds is 5. The van der Waals surface area contributed by atoms with E-state index < -0.39 is 0 Å². The third-order valence-electron chi connectivity index (χ3n) is 5.25. The number of hydrogen-bond acceptors (Lipinski definition) is 3. The molecule has 0 bridgehead atoms. The quantitative estimate of drug-likeness (QED) is 0.899. The number of aromatic nitrogens is 2. The van der Waals surface area contributed by atoms with Crippen LogP contribution in [-0.4, -0.2) is 34.1 Å². The van der Waals surface area contributed by atoms with Crippen LogP contribution in [0.2, 0.25) is 0 Å². The van der Waals surface area contributed by atoms with Gasteiger partial charge in [0, 0.05) is 24.8 Å². The van der Waals surface area contributed by atoms with Gasteiger partial charge >= 0.3 is 0 Å². The van der Waals surface area contributed by atoms with Gasteiger partial charge in [0.15, 0.2) is 0 Å². The minimum Gasteiger partial charge on any atom is -0.330 e. The molecular formula is C16H28N4. The first kappa shape index (κ1) is 14.1. The maximum atomic E-state index is 6.11. The van der Waals surface area contributed by atoms with Crippen LogP contribution >= 0.6 is 0 Å². The molecule has 2 aliphatic carbocycles. The molecule has 0 saturated heterocycles. The monoisotopic (exact) mass is 276 g/mol. The van der Waals surface area contributed by atoms with Gasteiger partial charge in [0.2, 0.25) is 0 Å². The van der Waals surface area contributed by atoms with Gasteiger partial charge in [-0.2, -0.15) is 0 Å². The molecule has 0 spiro atoms. The van der Waals surface area contributed by atoms with Crippen LogP contribution in [-0.2, 0) is 0 Å². The summed E-state index contributed by atoms with van der Waals surface area (Å²) in [4.78, 5) is 6.89. The van der Waals surface area contributed by atoms with E-state index in [1.807, 2.05) is 12.5 Å². The molecule has 1 unspecified atom stereocenters. The molecule has 1 aromatic rings. The maximum Gasteiger partial charge on any atom is 0.0951 e. The number of nitrogens with two attached hydrogens (primary N) is 1. The Kier molecular flexibility index (Phi) is 4.13. The van der Waals surface area contributed by atoms with Crippen LogP contribution in [0, 0.1) is 5.92 Å². The molecule has 0 radical (unpaired) electrons. The van der Waals surface area contributed by atoms with Gasteiger partial charge in [-0.25, -0.2) is 4.98 Å². The van der Waals surface area contributed by atoms with E-state index in [1.165, 1.54) is 44.2 Å². The van der Waals surface area contributed by atoms with Crippen LogP contribution in [0.4, 0.5) is 0 Å². The van der Waals surface area contributed by atoms with E-state index in [4.69, 9.17) is 5.73 Å². The molecule has 0 aromatic carbocycles. The summed E-state index contributed by atoms with van der Waals surface area (Å²) >= 11 is 0. The van der Waals surface area contributed by atoms with Crippen molar-refractivity contribution >= 4 is 0 Å². The van der Waals surface area contributed by atoms with Crippen molar-refractivity contribution in [3.05, 3.63) is 18.2 Å². The average molecular weight is 276 g/mol. The third-order valence-corrected chi connectivity index (χ3v) is 5.25. The minimum absolute atomic E-state index is 0.316. The standard InChI is InChI=1S/C16H28N4/c1-12-3-5-13(6-4-12)19(2)15(9-17)16-10-18-11-20(16)14-7-8-14/h10-15H,3-9,17H2,1-2H3. The van der Waals surface area contributed by atoms with Gasteiger partial charge < -0.3 is 10.3 Å². The predicted molar refractivity (Wildman–Crippen MR) is 81.5 cm³/mol. The van der Waals surface area contributed by atoms with E-state index in [0.717, 1.165) is 5.92 Å². The third kappa shape index (κ3) is 2.77. The summed E-state index contributed by atoms with van der Waals surface area (Å²) in [5.74, 6) is 0.896. The van der Waals surface area contributed by atoms with Crippen molar-refractivity contribution < 1.29 is 0 Å². The Morgan fingerprint density at radius 3 is 2.60 bits per heavy atom. The number of hydrogen-bond donors (Lipinski definition) is 1. The van der Waals surface area contributed by atoms with Crippen LogP contribution in [0.25, 0.3) is 0 Å². The van der Waals surface area contributed by atoms with E-state index in [1.54, 1.807) is 0 Å². The smallest absolute Gasteiger partial charge is 0.0951 e. The molecule has 0 amide bonds. The van der Waals surface area contributed by atoms with E-state index >= 15 is 0 Å². The minimum atomic E-state index is 0.316. The molecule has 2 aliphatic rings. The van der Waals surface area contributed by atoms with Gasteiger partial charge in [0.05, 0.1) is 18.1 Å². The fourth-order valence-corrected chi connectivity index (χ4v) is 3.63. The lowest BCUT2D eigenvalue weighted by atomic mass is 9.86. The highest BCUT2D eigenvalue weighted by Crippen LogP contribution is 2.38.